The van der Waals surface area contributed by atoms with Crippen molar-refractivity contribution < 1.29 is 4.74 Å². The van der Waals surface area contributed by atoms with Gasteiger partial charge in [0, 0.05) is 13.7 Å². The predicted molar refractivity (Wildman–Crippen MR) is 58.1 cm³/mol. The lowest BCUT2D eigenvalue weighted by Gasteiger charge is -2.08. The van der Waals surface area contributed by atoms with E-state index in [0.29, 0.717) is 0 Å². The van der Waals surface area contributed by atoms with Crippen LogP contribution >= 0.6 is 0 Å². The summed E-state index contributed by atoms with van der Waals surface area (Å²) in [6, 6.07) is 0. The molecule has 0 fully saturated rings. The minimum Gasteiger partial charge on any atom is -0.383 e. The van der Waals surface area contributed by atoms with Crippen molar-refractivity contribution in [3.63, 3.8) is 0 Å². The van der Waals surface area contributed by atoms with Crippen LogP contribution < -0.4 is 5.32 Å². The lowest BCUT2D eigenvalue weighted by molar-refractivity contribution is 0.199. The van der Waals surface area contributed by atoms with Crippen molar-refractivity contribution in [2.45, 2.75) is 39.5 Å². The molecule has 0 aromatic rings. The van der Waals surface area contributed by atoms with E-state index in [-0.39, 0.29) is 0 Å². The average molecular weight is 187 g/mol. The molecule has 0 aliphatic rings. The zero-order chi connectivity index (χ0) is 9.94. The molecule has 0 spiro atoms. The van der Waals surface area contributed by atoms with Gasteiger partial charge in [0.2, 0.25) is 0 Å². The highest BCUT2D eigenvalue weighted by Gasteiger charge is 1.97. The van der Waals surface area contributed by atoms with Gasteiger partial charge in [0.05, 0.1) is 6.61 Å². The smallest absolute Gasteiger partial charge is 0.0587 e. The highest BCUT2D eigenvalue weighted by Crippen LogP contribution is 2.10. The van der Waals surface area contributed by atoms with Gasteiger partial charge in [-0.2, -0.15) is 0 Å². The number of unbranched alkanes of at least 4 members (excludes halogenated alkanes) is 1. The van der Waals surface area contributed by atoms with E-state index >= 15 is 0 Å². The zero-order valence-corrected chi connectivity index (χ0v) is 9.44. The second-order valence-electron chi connectivity index (χ2n) is 3.75. The Labute approximate surface area is 83.1 Å². The second kappa shape index (κ2) is 10.0. The van der Waals surface area contributed by atoms with E-state index in [1.165, 1.54) is 25.7 Å². The summed E-state index contributed by atoms with van der Waals surface area (Å²) in [7, 11) is 1.74. The Morgan fingerprint density at radius 1 is 1.23 bits per heavy atom. The van der Waals surface area contributed by atoms with Gasteiger partial charge in [-0.25, -0.2) is 0 Å². The molecule has 0 radical (unpaired) electrons. The van der Waals surface area contributed by atoms with E-state index < -0.39 is 0 Å². The molecule has 0 rings (SSSR count). The molecule has 0 saturated carbocycles. The summed E-state index contributed by atoms with van der Waals surface area (Å²) < 4.78 is 4.94. The van der Waals surface area contributed by atoms with Gasteiger partial charge in [-0.1, -0.05) is 33.1 Å². The number of hydrogen-bond acceptors (Lipinski definition) is 2. The molecule has 1 atom stereocenters. The minimum absolute atomic E-state index is 0.825. The molecule has 0 aromatic heterocycles. The third-order valence-electron chi connectivity index (χ3n) is 2.48. The molecule has 80 valence electrons. The first-order valence-corrected chi connectivity index (χ1v) is 5.50. The Hall–Kier alpha value is -0.0800. The van der Waals surface area contributed by atoms with Gasteiger partial charge in [-0.05, 0) is 18.9 Å². The first-order valence-electron chi connectivity index (χ1n) is 5.50. The lowest BCUT2D eigenvalue weighted by Crippen LogP contribution is -2.20. The molecule has 0 heterocycles. The topological polar surface area (TPSA) is 21.3 Å². The van der Waals surface area contributed by atoms with Crippen molar-refractivity contribution in [1.29, 1.82) is 0 Å². The SMILES string of the molecule is CCC(C)CCCCNCCOC. The van der Waals surface area contributed by atoms with Gasteiger partial charge >= 0.3 is 0 Å². The van der Waals surface area contributed by atoms with E-state index in [1.54, 1.807) is 7.11 Å². The fraction of sp³-hybridized carbons (Fsp3) is 1.00. The molecule has 0 saturated heterocycles. The summed E-state index contributed by atoms with van der Waals surface area (Å²) in [6.45, 7) is 7.55. The van der Waals surface area contributed by atoms with Crippen LogP contribution in [0.4, 0.5) is 0 Å². The van der Waals surface area contributed by atoms with Crippen molar-refractivity contribution in [2.24, 2.45) is 5.92 Å². The van der Waals surface area contributed by atoms with Gasteiger partial charge in [0.1, 0.15) is 0 Å². The molecular weight excluding hydrogens is 162 g/mol. The van der Waals surface area contributed by atoms with Crippen LogP contribution in [0.15, 0.2) is 0 Å². The van der Waals surface area contributed by atoms with E-state index in [0.717, 1.165) is 25.6 Å². The van der Waals surface area contributed by atoms with Crippen LogP contribution in [0.3, 0.4) is 0 Å². The summed E-state index contributed by atoms with van der Waals surface area (Å²) in [5.74, 6) is 0.902. The number of ether oxygens (including phenoxy) is 1. The Balaban J connectivity index is 2.91. The third kappa shape index (κ3) is 9.84. The maximum absolute atomic E-state index is 4.94. The molecule has 0 bridgehead atoms. The van der Waals surface area contributed by atoms with E-state index in [2.05, 4.69) is 19.2 Å². The average Bonchev–Trinajstić information content (AvgIpc) is 2.16. The molecule has 2 heteroatoms. The Morgan fingerprint density at radius 3 is 2.62 bits per heavy atom. The number of methoxy groups -OCH3 is 1. The van der Waals surface area contributed by atoms with Gasteiger partial charge < -0.3 is 10.1 Å². The number of hydrogen-bond donors (Lipinski definition) is 1. The van der Waals surface area contributed by atoms with Crippen LogP contribution in [-0.4, -0.2) is 26.8 Å². The summed E-state index contributed by atoms with van der Waals surface area (Å²) in [5.41, 5.74) is 0. The van der Waals surface area contributed by atoms with Crippen molar-refractivity contribution >= 4 is 0 Å². The van der Waals surface area contributed by atoms with Crippen LogP contribution in [-0.2, 0) is 4.74 Å². The fourth-order valence-corrected chi connectivity index (χ4v) is 1.25. The number of rotatable bonds is 9. The van der Waals surface area contributed by atoms with E-state index in [1.807, 2.05) is 0 Å². The molecule has 1 unspecified atom stereocenters. The van der Waals surface area contributed by atoms with Crippen molar-refractivity contribution in [3.05, 3.63) is 0 Å². The summed E-state index contributed by atoms with van der Waals surface area (Å²) >= 11 is 0. The largest absolute Gasteiger partial charge is 0.383 e. The minimum atomic E-state index is 0.825. The zero-order valence-electron chi connectivity index (χ0n) is 9.44. The van der Waals surface area contributed by atoms with Crippen LogP contribution in [0, 0.1) is 5.92 Å². The first kappa shape index (κ1) is 12.9. The molecule has 0 aromatic carbocycles. The lowest BCUT2D eigenvalue weighted by atomic mass is 10.0. The molecule has 0 amide bonds. The van der Waals surface area contributed by atoms with Crippen molar-refractivity contribution in [3.8, 4) is 0 Å². The predicted octanol–water partition coefficient (Wildman–Crippen LogP) is 2.44. The van der Waals surface area contributed by atoms with E-state index in [4.69, 9.17) is 4.74 Å². The summed E-state index contributed by atoms with van der Waals surface area (Å²) in [4.78, 5) is 0. The first-order chi connectivity index (χ1) is 6.31. The summed E-state index contributed by atoms with van der Waals surface area (Å²) in [5, 5.41) is 3.35. The van der Waals surface area contributed by atoms with Crippen molar-refractivity contribution in [1.82, 2.24) is 5.32 Å². The second-order valence-corrected chi connectivity index (χ2v) is 3.75. The quantitative estimate of drug-likeness (QED) is 0.560. The van der Waals surface area contributed by atoms with Gasteiger partial charge in [-0.15, -0.1) is 0 Å². The highest BCUT2D eigenvalue weighted by molar-refractivity contribution is 4.52. The Kier molecular flexibility index (Phi) is 9.94. The molecule has 1 N–H and O–H groups in total. The third-order valence-corrected chi connectivity index (χ3v) is 2.48. The standard InChI is InChI=1S/C11H25NO/c1-4-11(2)7-5-6-8-12-9-10-13-3/h11-12H,4-10H2,1-3H3. The monoisotopic (exact) mass is 187 g/mol. The Morgan fingerprint density at radius 2 is 2.00 bits per heavy atom. The molecule has 0 aliphatic carbocycles. The van der Waals surface area contributed by atoms with Crippen LogP contribution in [0.1, 0.15) is 39.5 Å². The molecule has 0 aliphatic heterocycles. The maximum Gasteiger partial charge on any atom is 0.0587 e. The normalized spacial score (nSPS) is 13.2. The van der Waals surface area contributed by atoms with E-state index in [9.17, 15) is 0 Å². The van der Waals surface area contributed by atoms with Gasteiger partial charge in [-0.3, -0.25) is 0 Å². The van der Waals surface area contributed by atoms with Crippen LogP contribution in [0.25, 0.3) is 0 Å². The van der Waals surface area contributed by atoms with Crippen LogP contribution in [0.5, 0.6) is 0 Å². The molecular formula is C11H25NO. The van der Waals surface area contributed by atoms with Gasteiger partial charge in [0.15, 0.2) is 0 Å². The number of nitrogens with one attached hydrogen (secondary N) is 1. The van der Waals surface area contributed by atoms with Crippen molar-refractivity contribution in [2.75, 3.05) is 26.8 Å². The van der Waals surface area contributed by atoms with Gasteiger partial charge in [0.25, 0.3) is 0 Å². The molecule has 2 nitrogen and oxygen atoms in total. The van der Waals surface area contributed by atoms with Crippen LogP contribution in [0.2, 0.25) is 0 Å². The fourth-order valence-electron chi connectivity index (χ4n) is 1.25. The Bertz CT molecular complexity index is 96.1. The highest BCUT2D eigenvalue weighted by atomic mass is 16.5. The maximum atomic E-state index is 4.94. The molecule has 13 heavy (non-hydrogen) atoms. The summed E-state index contributed by atoms with van der Waals surface area (Å²) in [6.07, 6.45) is 5.35.